The molecule has 2 aliphatic rings. The summed E-state index contributed by atoms with van der Waals surface area (Å²) >= 11 is 13.5. The highest BCUT2D eigenvalue weighted by molar-refractivity contribution is 6.41. The number of aromatic nitrogens is 3. The minimum atomic E-state index is -0.107. The average Bonchev–Trinajstić information content (AvgIpc) is 3.42. The van der Waals surface area contributed by atoms with Crippen LogP contribution in [0.5, 0.6) is 11.5 Å². The van der Waals surface area contributed by atoms with Crippen molar-refractivity contribution in [1.82, 2.24) is 15.0 Å². The summed E-state index contributed by atoms with van der Waals surface area (Å²) in [5, 5.41) is 8.25. The van der Waals surface area contributed by atoms with Crippen LogP contribution in [0.15, 0.2) is 31.0 Å². The lowest BCUT2D eigenvalue weighted by molar-refractivity contribution is -0.115. The predicted octanol–water partition coefficient (Wildman–Crippen LogP) is 5.43. The van der Waals surface area contributed by atoms with Crippen LogP contribution in [0.3, 0.4) is 0 Å². The van der Waals surface area contributed by atoms with Crippen LogP contribution in [-0.4, -0.2) is 74.0 Å². The Bertz CT molecular complexity index is 1400. The highest BCUT2D eigenvalue weighted by Gasteiger charge is 2.30. The molecule has 2 N–H and O–H groups in total. The summed E-state index contributed by atoms with van der Waals surface area (Å²) in [6.07, 6.45) is 5.35. The van der Waals surface area contributed by atoms with Gasteiger partial charge in [0.05, 0.1) is 49.2 Å². The fraction of sp³-hybridized carbons (Fsp3) is 0.448. The molecule has 0 saturated carbocycles. The van der Waals surface area contributed by atoms with Crippen molar-refractivity contribution >= 4 is 51.7 Å². The van der Waals surface area contributed by atoms with Crippen LogP contribution in [-0.2, 0) is 14.3 Å². The number of rotatable bonds is 11. The number of hydrogen-bond donors (Lipinski definition) is 2. The van der Waals surface area contributed by atoms with Crippen molar-refractivity contribution in [3.8, 4) is 22.8 Å². The van der Waals surface area contributed by atoms with Gasteiger partial charge in [0, 0.05) is 55.3 Å². The molecule has 0 aliphatic carbocycles. The Morgan fingerprint density at radius 1 is 1.10 bits per heavy atom. The number of methoxy groups -OCH3 is 2. The molecule has 4 heterocycles. The third-order valence-corrected chi connectivity index (χ3v) is 8.25. The number of allylic oxidation sites excluding steroid dienone is 1. The van der Waals surface area contributed by atoms with Crippen molar-refractivity contribution in [2.24, 2.45) is 11.8 Å². The lowest BCUT2D eigenvalue weighted by Crippen LogP contribution is -2.30. The van der Waals surface area contributed by atoms with Crippen molar-refractivity contribution in [2.75, 3.05) is 57.8 Å². The van der Waals surface area contributed by atoms with E-state index in [1.807, 2.05) is 6.07 Å². The van der Waals surface area contributed by atoms with Gasteiger partial charge in [-0.25, -0.2) is 15.0 Å². The molecular formula is C29H33Cl2N5O5. The van der Waals surface area contributed by atoms with Gasteiger partial charge in [-0.1, -0.05) is 29.8 Å². The van der Waals surface area contributed by atoms with E-state index in [9.17, 15) is 4.79 Å². The van der Waals surface area contributed by atoms with Crippen LogP contribution in [0.2, 0.25) is 10.0 Å². The molecule has 218 valence electrons. The normalized spacial score (nSPS) is 19.2. The first kappa shape index (κ1) is 29.3. The Labute approximate surface area is 248 Å². The van der Waals surface area contributed by atoms with E-state index >= 15 is 0 Å². The number of benzene rings is 1. The topological polar surface area (TPSA) is 117 Å². The maximum atomic E-state index is 12.0. The second-order valence-electron chi connectivity index (χ2n) is 10.1. The van der Waals surface area contributed by atoms with Crippen LogP contribution >= 0.6 is 23.2 Å². The monoisotopic (exact) mass is 601 g/mol. The molecule has 2 atom stereocenters. The molecule has 0 amide bonds. The van der Waals surface area contributed by atoms with Crippen molar-refractivity contribution in [3.63, 3.8) is 0 Å². The zero-order valence-corrected chi connectivity index (χ0v) is 24.6. The molecule has 10 nitrogen and oxygen atoms in total. The maximum absolute atomic E-state index is 12.0. The predicted molar refractivity (Wildman–Crippen MR) is 159 cm³/mol. The number of carbonyl (C=O) groups excluding carboxylic acids is 1. The molecule has 0 unspecified atom stereocenters. The number of ketones is 1. The number of nitrogens with one attached hydrogen (secondary N) is 2. The Morgan fingerprint density at radius 3 is 2.51 bits per heavy atom. The van der Waals surface area contributed by atoms with Gasteiger partial charge in [-0.05, 0) is 30.9 Å². The van der Waals surface area contributed by atoms with E-state index in [1.54, 1.807) is 12.3 Å². The van der Waals surface area contributed by atoms with Gasteiger partial charge in [-0.3, -0.25) is 4.79 Å². The number of fused-ring (bicyclic) bond motifs is 1. The summed E-state index contributed by atoms with van der Waals surface area (Å²) in [6.45, 7) is 6.70. The summed E-state index contributed by atoms with van der Waals surface area (Å²) in [6, 6.07) is 3.38. The highest BCUT2D eigenvalue weighted by atomic mass is 35.5. The lowest BCUT2D eigenvalue weighted by Gasteiger charge is -2.23. The van der Waals surface area contributed by atoms with Gasteiger partial charge in [0.1, 0.15) is 17.0 Å². The first-order valence-corrected chi connectivity index (χ1v) is 14.3. The van der Waals surface area contributed by atoms with E-state index in [0.29, 0.717) is 82.2 Å². The Balaban J connectivity index is 1.53. The number of carbonyl (C=O) groups is 1. The summed E-state index contributed by atoms with van der Waals surface area (Å²) in [5.41, 5.74) is 1.65. The third-order valence-electron chi connectivity index (χ3n) is 7.50. The fourth-order valence-electron chi connectivity index (χ4n) is 5.13. The third kappa shape index (κ3) is 6.51. The van der Waals surface area contributed by atoms with Gasteiger partial charge >= 0.3 is 0 Å². The molecule has 2 aliphatic heterocycles. The molecule has 3 aromatic rings. The van der Waals surface area contributed by atoms with Gasteiger partial charge in [-0.2, -0.15) is 0 Å². The summed E-state index contributed by atoms with van der Waals surface area (Å²) in [7, 11) is 3.06. The zero-order valence-electron chi connectivity index (χ0n) is 23.0. The molecule has 2 fully saturated rings. The fourth-order valence-corrected chi connectivity index (χ4v) is 5.82. The van der Waals surface area contributed by atoms with Crippen LogP contribution in [0.1, 0.15) is 19.3 Å². The van der Waals surface area contributed by atoms with Crippen molar-refractivity contribution < 1.29 is 23.7 Å². The van der Waals surface area contributed by atoms with Gasteiger partial charge in [0.15, 0.2) is 11.6 Å². The molecular weight excluding hydrogens is 569 g/mol. The van der Waals surface area contributed by atoms with E-state index in [1.165, 1.54) is 20.3 Å². The Morgan fingerprint density at radius 2 is 1.83 bits per heavy atom. The molecule has 0 bridgehead atoms. The minimum absolute atomic E-state index is 0.00117. The zero-order chi connectivity index (χ0) is 28.9. The van der Waals surface area contributed by atoms with E-state index < -0.39 is 0 Å². The first-order chi connectivity index (χ1) is 19.9. The lowest BCUT2D eigenvalue weighted by atomic mass is 9.97. The highest BCUT2D eigenvalue weighted by Crippen LogP contribution is 2.46. The maximum Gasteiger partial charge on any atom is 0.223 e. The van der Waals surface area contributed by atoms with E-state index in [0.717, 1.165) is 31.4 Å². The molecule has 41 heavy (non-hydrogen) atoms. The second kappa shape index (κ2) is 13.2. The van der Waals surface area contributed by atoms with Crippen LogP contribution in [0, 0.1) is 11.8 Å². The summed E-state index contributed by atoms with van der Waals surface area (Å²) in [5.74, 6) is 2.25. The van der Waals surface area contributed by atoms with Crippen molar-refractivity contribution in [1.29, 1.82) is 0 Å². The quantitative estimate of drug-likeness (QED) is 0.276. The molecule has 2 aromatic heterocycles. The largest absolute Gasteiger partial charge is 0.495 e. The Kier molecular flexibility index (Phi) is 9.44. The molecule has 0 radical (unpaired) electrons. The average molecular weight is 603 g/mol. The SMILES string of the molecule is C=CC(=O)C[C@H]1COC[C@H]1Nc1ncc2cc(-c3c(Cl)c(OC)cc(OC)c3Cl)nc(NCC3CCOCC3)c2n1. The van der Waals surface area contributed by atoms with Crippen LogP contribution < -0.4 is 20.1 Å². The van der Waals surface area contributed by atoms with Gasteiger partial charge in [0.2, 0.25) is 5.95 Å². The smallest absolute Gasteiger partial charge is 0.223 e. The summed E-state index contributed by atoms with van der Waals surface area (Å²) in [4.78, 5) is 26.3. The van der Waals surface area contributed by atoms with Gasteiger partial charge < -0.3 is 29.6 Å². The molecule has 0 spiro atoms. The number of nitrogens with zero attached hydrogens (tertiary/aromatic N) is 3. The number of pyridine rings is 1. The molecule has 12 heteroatoms. The minimum Gasteiger partial charge on any atom is -0.495 e. The molecule has 1 aromatic carbocycles. The Hall–Kier alpha value is -3.18. The standard InChI is InChI=1S/C29H33Cl2N5O5/c1-4-19(37)9-18-14-41-15-21(18)35-29-33-13-17-10-20(24-25(30)22(38-2)11-23(39-3)26(24)31)34-28(27(17)36-29)32-12-16-5-7-40-8-6-16/h4,10-11,13,16,18,21H,1,5-9,12,14-15H2,2-3H3,(H,32,34)(H,33,35,36)/t18-,21+/m0/s1. The van der Waals surface area contributed by atoms with Crippen molar-refractivity contribution in [3.05, 3.63) is 41.0 Å². The van der Waals surface area contributed by atoms with Crippen molar-refractivity contribution in [2.45, 2.75) is 25.3 Å². The summed E-state index contributed by atoms with van der Waals surface area (Å²) < 4.78 is 22.1. The molecule has 2 saturated heterocycles. The van der Waals surface area contributed by atoms with Crippen LogP contribution in [0.25, 0.3) is 22.2 Å². The van der Waals surface area contributed by atoms with Gasteiger partial charge in [0.25, 0.3) is 0 Å². The second-order valence-corrected chi connectivity index (χ2v) is 10.9. The van der Waals surface area contributed by atoms with Gasteiger partial charge in [-0.15, -0.1) is 0 Å². The number of halogens is 2. The molecule has 5 rings (SSSR count). The number of anilines is 2. The van der Waals surface area contributed by atoms with E-state index in [-0.39, 0.29) is 17.7 Å². The van der Waals surface area contributed by atoms with E-state index in [2.05, 4.69) is 22.2 Å². The first-order valence-electron chi connectivity index (χ1n) is 13.5. The van der Waals surface area contributed by atoms with Crippen LogP contribution in [0.4, 0.5) is 11.8 Å². The number of ether oxygens (including phenoxy) is 4. The number of hydrogen-bond acceptors (Lipinski definition) is 10. The van der Waals surface area contributed by atoms with E-state index in [4.69, 9.17) is 52.1 Å².